The summed E-state index contributed by atoms with van der Waals surface area (Å²) >= 11 is 10.9. The lowest BCUT2D eigenvalue weighted by molar-refractivity contribution is 0.628. The fourth-order valence-electron chi connectivity index (χ4n) is 1.54. The van der Waals surface area contributed by atoms with E-state index < -0.39 is 0 Å². The highest BCUT2D eigenvalue weighted by Crippen LogP contribution is 2.30. The zero-order chi connectivity index (χ0) is 14.3. The number of anilines is 1. The topological polar surface area (TPSA) is 12.0 Å². The van der Waals surface area contributed by atoms with Gasteiger partial charge in [0.15, 0.2) is 0 Å². The van der Waals surface area contributed by atoms with E-state index in [4.69, 9.17) is 23.8 Å². The molecule has 0 aliphatic rings. The van der Waals surface area contributed by atoms with Gasteiger partial charge in [0.05, 0.1) is 10.5 Å². The van der Waals surface area contributed by atoms with Gasteiger partial charge in [0.1, 0.15) is 5.82 Å². The summed E-state index contributed by atoms with van der Waals surface area (Å²) in [6.45, 7) is 4.00. The molecule has 1 N–H and O–H groups in total. The summed E-state index contributed by atoms with van der Waals surface area (Å²) in [7, 11) is 0. The summed E-state index contributed by atoms with van der Waals surface area (Å²) in [4.78, 5) is 0. The quantitative estimate of drug-likeness (QED) is 0.746. The lowest BCUT2D eigenvalue weighted by Gasteiger charge is -2.07. The van der Waals surface area contributed by atoms with Gasteiger partial charge in [0.2, 0.25) is 0 Å². The van der Waals surface area contributed by atoms with Crippen molar-refractivity contribution in [3.8, 4) is 11.1 Å². The predicted octanol–water partition coefficient (Wildman–Crippen LogP) is 5.54. The highest BCUT2D eigenvalue weighted by molar-refractivity contribution is 7.79. The highest BCUT2D eigenvalue weighted by Gasteiger charge is 2.04. The van der Waals surface area contributed by atoms with Crippen molar-refractivity contribution in [3.05, 3.63) is 53.3 Å². The van der Waals surface area contributed by atoms with Crippen LogP contribution in [0, 0.1) is 5.82 Å². The van der Waals surface area contributed by atoms with E-state index in [0.29, 0.717) is 5.02 Å². The summed E-state index contributed by atoms with van der Waals surface area (Å²) in [5.41, 5.74) is 3.99. The van der Waals surface area contributed by atoms with Crippen LogP contribution < -0.4 is 5.32 Å². The van der Waals surface area contributed by atoms with Gasteiger partial charge < -0.3 is 5.32 Å². The van der Waals surface area contributed by atoms with E-state index in [0.717, 1.165) is 16.8 Å². The van der Waals surface area contributed by atoms with E-state index >= 15 is 0 Å². The van der Waals surface area contributed by atoms with Crippen LogP contribution in [-0.4, -0.2) is 5.49 Å². The third kappa shape index (κ3) is 4.30. The van der Waals surface area contributed by atoms with Crippen LogP contribution in [0.1, 0.15) is 13.8 Å². The van der Waals surface area contributed by atoms with Gasteiger partial charge in [-0.3, -0.25) is 0 Å². The van der Waals surface area contributed by atoms with E-state index in [-0.39, 0.29) is 5.82 Å². The van der Waals surface area contributed by atoms with Crippen LogP contribution in [0.5, 0.6) is 0 Å². The van der Waals surface area contributed by atoms with Crippen molar-refractivity contribution in [3.63, 3.8) is 0 Å². The van der Waals surface area contributed by atoms with Crippen molar-refractivity contribution in [2.75, 3.05) is 5.32 Å². The lowest BCUT2D eigenvalue weighted by Crippen LogP contribution is -1.92. The first-order valence-corrected chi connectivity index (χ1v) is 6.81. The van der Waals surface area contributed by atoms with Crippen molar-refractivity contribution in [2.24, 2.45) is 0 Å². The Balaban J connectivity index is 0.000000861. The standard InChI is InChI=1S/C13H9ClFNS.C2H6/c14-13-7-11(16-8-17)5-6-12(13)9-1-3-10(15)4-2-9;1-2/h1-8H,(H,16,17);1-2H3. The van der Waals surface area contributed by atoms with Crippen molar-refractivity contribution >= 4 is 35.0 Å². The largest absolute Gasteiger partial charge is 0.353 e. The van der Waals surface area contributed by atoms with Crippen LogP contribution in [0.2, 0.25) is 5.02 Å². The van der Waals surface area contributed by atoms with Crippen molar-refractivity contribution in [1.82, 2.24) is 0 Å². The van der Waals surface area contributed by atoms with Gasteiger partial charge in [0.25, 0.3) is 0 Å². The third-order valence-electron chi connectivity index (χ3n) is 2.35. The van der Waals surface area contributed by atoms with E-state index in [1.165, 1.54) is 17.6 Å². The zero-order valence-corrected chi connectivity index (χ0v) is 12.4. The van der Waals surface area contributed by atoms with E-state index in [9.17, 15) is 4.39 Å². The molecule has 0 bridgehead atoms. The third-order valence-corrected chi connectivity index (χ3v) is 2.78. The normalized spacial score (nSPS) is 9.26. The fourth-order valence-corrected chi connectivity index (χ4v) is 1.96. The molecule has 4 heteroatoms. The zero-order valence-electron chi connectivity index (χ0n) is 10.8. The highest BCUT2D eigenvalue weighted by atomic mass is 35.5. The summed E-state index contributed by atoms with van der Waals surface area (Å²) in [5, 5.41) is 3.48. The summed E-state index contributed by atoms with van der Waals surface area (Å²) in [5.74, 6) is -0.260. The molecule has 0 amide bonds. The Labute approximate surface area is 123 Å². The van der Waals surface area contributed by atoms with Gasteiger partial charge in [-0.05, 0) is 29.8 Å². The lowest BCUT2D eigenvalue weighted by atomic mass is 10.1. The molecule has 0 spiro atoms. The molecule has 0 atom stereocenters. The smallest absolute Gasteiger partial charge is 0.123 e. The van der Waals surface area contributed by atoms with E-state index in [1.807, 2.05) is 26.0 Å². The minimum Gasteiger partial charge on any atom is -0.353 e. The molecule has 0 saturated heterocycles. The Bertz CT molecular complexity index is 540. The Hall–Kier alpha value is -1.45. The molecular weight excluding hydrogens is 281 g/mol. The first kappa shape index (κ1) is 15.6. The number of hydrogen-bond donors (Lipinski definition) is 1. The van der Waals surface area contributed by atoms with Crippen molar-refractivity contribution in [1.29, 1.82) is 0 Å². The van der Waals surface area contributed by atoms with Crippen molar-refractivity contribution < 1.29 is 4.39 Å². The Kier molecular flexibility index (Phi) is 6.46. The van der Waals surface area contributed by atoms with Gasteiger partial charge in [-0.2, -0.15) is 0 Å². The maximum Gasteiger partial charge on any atom is 0.123 e. The average molecular weight is 296 g/mol. The molecule has 2 rings (SSSR count). The summed E-state index contributed by atoms with van der Waals surface area (Å²) in [6.07, 6.45) is 0. The minimum atomic E-state index is -0.260. The molecule has 0 fully saturated rings. The Morgan fingerprint density at radius 2 is 1.74 bits per heavy atom. The van der Waals surface area contributed by atoms with Gasteiger partial charge in [0, 0.05) is 11.3 Å². The Morgan fingerprint density at radius 3 is 2.26 bits per heavy atom. The maximum atomic E-state index is 12.8. The van der Waals surface area contributed by atoms with Gasteiger partial charge in [-0.15, -0.1) is 0 Å². The van der Waals surface area contributed by atoms with Gasteiger partial charge in [-0.25, -0.2) is 4.39 Å². The molecule has 0 radical (unpaired) electrons. The summed E-state index contributed by atoms with van der Waals surface area (Å²) < 4.78 is 12.8. The second-order valence-corrected chi connectivity index (χ2v) is 4.11. The van der Waals surface area contributed by atoms with Crippen LogP contribution in [0.4, 0.5) is 10.1 Å². The summed E-state index contributed by atoms with van der Waals surface area (Å²) in [6, 6.07) is 11.7. The van der Waals surface area contributed by atoms with Crippen LogP contribution >= 0.6 is 23.8 Å². The Morgan fingerprint density at radius 1 is 1.11 bits per heavy atom. The number of hydrogen-bond acceptors (Lipinski definition) is 1. The molecular formula is C15H15ClFNS. The van der Waals surface area contributed by atoms with E-state index in [2.05, 4.69) is 5.32 Å². The molecule has 0 heterocycles. The second kappa shape index (κ2) is 7.87. The molecule has 1 nitrogen and oxygen atoms in total. The van der Waals surface area contributed by atoms with Crippen LogP contribution in [0.25, 0.3) is 11.1 Å². The maximum absolute atomic E-state index is 12.8. The SMILES string of the molecule is CC.Fc1ccc(-c2ccc(NC=S)cc2Cl)cc1. The van der Waals surface area contributed by atoms with Crippen LogP contribution in [0.15, 0.2) is 42.5 Å². The molecule has 0 aliphatic heterocycles. The monoisotopic (exact) mass is 295 g/mol. The molecule has 0 saturated carbocycles. The molecule has 19 heavy (non-hydrogen) atoms. The van der Waals surface area contributed by atoms with Crippen LogP contribution in [0.3, 0.4) is 0 Å². The first-order chi connectivity index (χ1) is 9.20. The van der Waals surface area contributed by atoms with Crippen LogP contribution in [-0.2, 0) is 0 Å². The average Bonchev–Trinajstić information content (AvgIpc) is 2.43. The first-order valence-electron chi connectivity index (χ1n) is 5.96. The molecule has 0 unspecified atom stereocenters. The number of halogens is 2. The van der Waals surface area contributed by atoms with Crippen molar-refractivity contribution in [2.45, 2.75) is 13.8 Å². The number of rotatable bonds is 3. The van der Waals surface area contributed by atoms with E-state index in [1.54, 1.807) is 18.2 Å². The van der Waals surface area contributed by atoms with Gasteiger partial charge >= 0.3 is 0 Å². The second-order valence-electron chi connectivity index (χ2n) is 3.46. The van der Waals surface area contributed by atoms with Gasteiger partial charge in [-0.1, -0.05) is 55.9 Å². The molecule has 0 aromatic heterocycles. The number of thiocarbonyl (C=S) groups is 1. The molecule has 100 valence electrons. The predicted molar refractivity (Wildman–Crippen MR) is 85.5 cm³/mol. The number of benzene rings is 2. The number of nitrogens with one attached hydrogen (secondary N) is 1. The molecule has 2 aromatic carbocycles. The molecule has 0 aliphatic carbocycles. The fraction of sp³-hybridized carbons (Fsp3) is 0.133. The minimum absolute atomic E-state index is 0.260. The molecule has 2 aromatic rings.